The van der Waals surface area contributed by atoms with Gasteiger partial charge in [-0.25, -0.2) is 5.43 Å². The fourth-order valence-corrected chi connectivity index (χ4v) is 3.59. The molecule has 2 aromatic rings. The molecule has 0 aliphatic rings. The molecule has 8 heteroatoms. The third-order valence-corrected chi connectivity index (χ3v) is 4.27. The van der Waals surface area contributed by atoms with Crippen LogP contribution in [0.3, 0.4) is 0 Å². The molecule has 4 N–H and O–H groups in total. The molecule has 2 aromatic carbocycles. The third-order valence-electron chi connectivity index (χ3n) is 3.02. The number of amides is 1. The molecule has 126 valence electrons. The van der Waals surface area contributed by atoms with Crippen LogP contribution in [-0.4, -0.2) is 28.9 Å². The second-order valence-corrected chi connectivity index (χ2v) is 6.70. The van der Waals surface area contributed by atoms with E-state index in [2.05, 4.69) is 47.7 Å². The molecule has 1 amide bonds. The molecule has 0 atom stereocenters. The number of benzene rings is 2. The monoisotopic (exact) mass is 455 g/mol. The predicted octanol–water partition coefficient (Wildman–Crippen LogP) is 3.49. The van der Waals surface area contributed by atoms with Gasteiger partial charge in [-0.05, 0) is 68.6 Å². The largest absolute Gasteiger partial charge is 0.508 e. The van der Waals surface area contributed by atoms with E-state index in [0.717, 1.165) is 20.2 Å². The number of hydrogen-bond acceptors (Lipinski definition) is 5. The van der Waals surface area contributed by atoms with Crippen LogP contribution in [-0.2, 0) is 4.79 Å². The van der Waals surface area contributed by atoms with E-state index in [9.17, 15) is 15.0 Å². The van der Waals surface area contributed by atoms with E-state index in [1.807, 2.05) is 19.1 Å². The number of aromatic hydroxyl groups is 2. The molecular formula is C16H15Br2N3O3. The van der Waals surface area contributed by atoms with Crippen molar-refractivity contribution in [2.24, 2.45) is 5.10 Å². The van der Waals surface area contributed by atoms with Crippen LogP contribution in [0.5, 0.6) is 11.5 Å². The summed E-state index contributed by atoms with van der Waals surface area (Å²) in [6.07, 6.45) is 1.30. The van der Waals surface area contributed by atoms with Gasteiger partial charge in [0.05, 0.1) is 18.4 Å². The number of phenols is 2. The Labute approximate surface area is 155 Å². The number of hydrazone groups is 1. The summed E-state index contributed by atoms with van der Waals surface area (Å²) >= 11 is 6.89. The maximum Gasteiger partial charge on any atom is 0.259 e. The zero-order valence-electron chi connectivity index (χ0n) is 12.7. The minimum atomic E-state index is -0.344. The first-order chi connectivity index (χ1) is 11.4. The quantitative estimate of drug-likeness (QED) is 0.409. The highest BCUT2D eigenvalue weighted by atomic mass is 79.9. The number of halogens is 2. The van der Waals surface area contributed by atoms with Gasteiger partial charge in [0.25, 0.3) is 5.91 Å². The minimum Gasteiger partial charge on any atom is -0.508 e. The van der Waals surface area contributed by atoms with Crippen LogP contribution in [0.1, 0.15) is 11.1 Å². The maximum atomic E-state index is 11.8. The number of hydrogen-bond donors (Lipinski definition) is 4. The van der Waals surface area contributed by atoms with Gasteiger partial charge in [-0.2, -0.15) is 5.10 Å². The maximum absolute atomic E-state index is 11.8. The molecule has 0 bridgehead atoms. The minimum absolute atomic E-state index is 0.0269. The first kappa shape index (κ1) is 18.3. The molecule has 0 unspecified atom stereocenters. The molecule has 0 spiro atoms. The van der Waals surface area contributed by atoms with E-state index < -0.39 is 0 Å². The van der Waals surface area contributed by atoms with Crippen molar-refractivity contribution in [1.29, 1.82) is 0 Å². The summed E-state index contributed by atoms with van der Waals surface area (Å²) in [6, 6.07) is 7.97. The molecule has 0 aliphatic heterocycles. The molecule has 0 saturated heterocycles. The fraction of sp³-hybridized carbons (Fsp3) is 0.125. The van der Waals surface area contributed by atoms with Crippen LogP contribution in [0, 0.1) is 6.92 Å². The normalized spacial score (nSPS) is 10.8. The standard InChI is InChI=1S/C16H15Br2N3O3/c1-9-4-12(17)16(13(18)5-9)19-8-15(24)21-20-7-10-2-3-11(22)6-14(10)23/h2-7,19,22-23H,8H2,1H3,(H,21,24)/b20-7+. The third kappa shape index (κ3) is 4.97. The fourth-order valence-electron chi connectivity index (χ4n) is 1.89. The number of carbonyl (C=O) groups excluding carboxylic acids is 1. The summed E-state index contributed by atoms with van der Waals surface area (Å²) in [4.78, 5) is 11.8. The lowest BCUT2D eigenvalue weighted by Crippen LogP contribution is -2.26. The van der Waals surface area contributed by atoms with Gasteiger partial charge < -0.3 is 15.5 Å². The first-order valence-corrected chi connectivity index (χ1v) is 8.49. The van der Waals surface area contributed by atoms with Crippen LogP contribution >= 0.6 is 31.9 Å². The van der Waals surface area contributed by atoms with Crippen LogP contribution in [0.25, 0.3) is 0 Å². The van der Waals surface area contributed by atoms with Crippen molar-refractivity contribution in [3.8, 4) is 11.5 Å². The predicted molar refractivity (Wildman–Crippen MR) is 101 cm³/mol. The van der Waals surface area contributed by atoms with Crippen molar-refractivity contribution in [3.05, 3.63) is 50.4 Å². The number of phenolic OH excluding ortho intramolecular Hbond substituents is 2. The number of carbonyl (C=O) groups is 1. The van der Waals surface area contributed by atoms with E-state index in [1.165, 1.54) is 24.4 Å². The Balaban J connectivity index is 1.91. The highest BCUT2D eigenvalue weighted by Crippen LogP contribution is 2.32. The summed E-state index contributed by atoms with van der Waals surface area (Å²) in [5, 5.41) is 25.6. The Morgan fingerprint density at radius 1 is 1.21 bits per heavy atom. The summed E-state index contributed by atoms with van der Waals surface area (Å²) < 4.78 is 1.69. The molecule has 0 saturated carbocycles. The summed E-state index contributed by atoms with van der Waals surface area (Å²) in [5.74, 6) is -0.519. The van der Waals surface area contributed by atoms with E-state index in [1.54, 1.807) is 0 Å². The van der Waals surface area contributed by atoms with Gasteiger partial charge in [0, 0.05) is 20.6 Å². The van der Waals surface area contributed by atoms with Crippen molar-refractivity contribution in [3.63, 3.8) is 0 Å². The number of nitrogens with zero attached hydrogens (tertiary/aromatic N) is 1. The lowest BCUT2D eigenvalue weighted by Gasteiger charge is -2.11. The Bertz CT molecular complexity index is 771. The van der Waals surface area contributed by atoms with E-state index >= 15 is 0 Å². The Morgan fingerprint density at radius 2 is 1.88 bits per heavy atom. The van der Waals surface area contributed by atoms with E-state index in [-0.39, 0.29) is 24.0 Å². The number of anilines is 1. The van der Waals surface area contributed by atoms with Crippen LogP contribution in [0.15, 0.2) is 44.4 Å². The van der Waals surface area contributed by atoms with Gasteiger partial charge >= 0.3 is 0 Å². The average molecular weight is 457 g/mol. The molecule has 24 heavy (non-hydrogen) atoms. The number of nitrogens with one attached hydrogen (secondary N) is 2. The molecular weight excluding hydrogens is 442 g/mol. The number of aryl methyl sites for hydroxylation is 1. The summed E-state index contributed by atoms with van der Waals surface area (Å²) in [5.41, 5.74) is 4.60. The zero-order chi connectivity index (χ0) is 17.7. The van der Waals surface area contributed by atoms with Crippen molar-refractivity contribution in [2.45, 2.75) is 6.92 Å². The highest BCUT2D eigenvalue weighted by Gasteiger charge is 2.08. The Kier molecular flexibility index (Phi) is 6.22. The SMILES string of the molecule is Cc1cc(Br)c(NCC(=O)N/N=C/c2ccc(O)cc2O)c(Br)c1. The lowest BCUT2D eigenvalue weighted by molar-refractivity contribution is -0.119. The molecule has 0 aromatic heterocycles. The molecule has 2 rings (SSSR count). The second kappa shape index (κ2) is 8.16. The second-order valence-electron chi connectivity index (χ2n) is 4.99. The first-order valence-electron chi connectivity index (χ1n) is 6.90. The molecule has 0 fully saturated rings. The molecule has 0 heterocycles. The van der Waals surface area contributed by atoms with Crippen molar-refractivity contribution < 1.29 is 15.0 Å². The van der Waals surface area contributed by atoms with E-state index in [4.69, 9.17) is 0 Å². The Morgan fingerprint density at radius 3 is 2.50 bits per heavy atom. The molecule has 6 nitrogen and oxygen atoms in total. The lowest BCUT2D eigenvalue weighted by atomic mass is 10.2. The van der Waals surface area contributed by atoms with Crippen molar-refractivity contribution in [1.82, 2.24) is 5.43 Å². The average Bonchev–Trinajstić information content (AvgIpc) is 2.48. The molecule has 0 radical (unpaired) electrons. The van der Waals surface area contributed by atoms with Gasteiger partial charge in [0.15, 0.2) is 0 Å². The summed E-state index contributed by atoms with van der Waals surface area (Å²) in [7, 11) is 0. The van der Waals surface area contributed by atoms with Crippen molar-refractivity contribution in [2.75, 3.05) is 11.9 Å². The smallest absolute Gasteiger partial charge is 0.259 e. The van der Waals surface area contributed by atoms with Gasteiger partial charge in [-0.1, -0.05) is 0 Å². The van der Waals surface area contributed by atoms with Crippen LogP contribution < -0.4 is 10.7 Å². The van der Waals surface area contributed by atoms with Gasteiger partial charge in [0.1, 0.15) is 11.5 Å². The summed E-state index contributed by atoms with van der Waals surface area (Å²) in [6.45, 7) is 2.00. The molecule has 0 aliphatic carbocycles. The topological polar surface area (TPSA) is 94.0 Å². The van der Waals surface area contributed by atoms with Crippen LogP contribution in [0.2, 0.25) is 0 Å². The number of rotatable bonds is 5. The zero-order valence-corrected chi connectivity index (χ0v) is 15.8. The van der Waals surface area contributed by atoms with Gasteiger partial charge in [-0.3, -0.25) is 4.79 Å². The van der Waals surface area contributed by atoms with Crippen LogP contribution in [0.4, 0.5) is 5.69 Å². The van der Waals surface area contributed by atoms with Crippen molar-refractivity contribution >= 4 is 49.7 Å². The van der Waals surface area contributed by atoms with Gasteiger partial charge in [0.2, 0.25) is 0 Å². The highest BCUT2D eigenvalue weighted by molar-refractivity contribution is 9.11. The Hall–Kier alpha value is -2.06. The van der Waals surface area contributed by atoms with E-state index in [0.29, 0.717) is 5.56 Å². The van der Waals surface area contributed by atoms with Gasteiger partial charge in [-0.15, -0.1) is 0 Å².